The predicted molar refractivity (Wildman–Crippen MR) is 141 cm³/mol. The highest BCUT2D eigenvalue weighted by Crippen LogP contribution is 2.27. The summed E-state index contributed by atoms with van der Waals surface area (Å²) in [5.74, 6) is 0.713. The van der Waals surface area contributed by atoms with Crippen LogP contribution in [0.3, 0.4) is 0 Å². The number of aromatic nitrogens is 1. The summed E-state index contributed by atoms with van der Waals surface area (Å²) in [6.07, 6.45) is 0.0955. The Hall–Kier alpha value is -3.99. The van der Waals surface area contributed by atoms with Gasteiger partial charge in [0.15, 0.2) is 0 Å². The van der Waals surface area contributed by atoms with Crippen LogP contribution in [-0.2, 0) is 4.84 Å². The summed E-state index contributed by atoms with van der Waals surface area (Å²) < 4.78 is 5.74. The Balaban J connectivity index is 1.62. The maximum absolute atomic E-state index is 13.1. The lowest BCUT2D eigenvalue weighted by atomic mass is 10.0. The van der Waals surface area contributed by atoms with E-state index in [4.69, 9.17) is 14.6 Å². The molecule has 1 heterocycles. The Morgan fingerprint density at radius 2 is 1.57 bits per heavy atom. The standard InChI is InChI=1S/C30H30N2O3/c1-19(2)22-10-12-23(13-11-22)21(5)32-35-30(33)27-18-29(31-28-9-7-6-8-26(27)28)24-14-16-25(17-15-24)34-20(3)4/h6-20H,1-5H3. The average Bonchev–Trinajstić information content (AvgIpc) is 2.86. The molecule has 35 heavy (non-hydrogen) atoms. The number of hydrogen-bond donors (Lipinski definition) is 0. The number of pyridine rings is 1. The lowest BCUT2D eigenvalue weighted by Gasteiger charge is -2.11. The van der Waals surface area contributed by atoms with Crippen molar-refractivity contribution in [1.82, 2.24) is 4.98 Å². The summed E-state index contributed by atoms with van der Waals surface area (Å²) in [6.45, 7) is 10.1. The molecule has 0 radical (unpaired) electrons. The van der Waals surface area contributed by atoms with Crippen molar-refractivity contribution >= 4 is 22.6 Å². The van der Waals surface area contributed by atoms with Gasteiger partial charge in [-0.25, -0.2) is 9.78 Å². The molecule has 3 aromatic carbocycles. The van der Waals surface area contributed by atoms with E-state index >= 15 is 0 Å². The number of hydrogen-bond acceptors (Lipinski definition) is 5. The number of para-hydroxylation sites is 1. The third kappa shape index (κ3) is 5.75. The molecule has 5 heteroatoms. The fourth-order valence-electron chi connectivity index (χ4n) is 3.79. The zero-order chi connectivity index (χ0) is 24.9. The van der Waals surface area contributed by atoms with E-state index in [0.717, 1.165) is 22.3 Å². The first-order valence-corrected chi connectivity index (χ1v) is 11.8. The lowest BCUT2D eigenvalue weighted by molar-refractivity contribution is 0.0518. The molecule has 0 saturated carbocycles. The minimum Gasteiger partial charge on any atom is -0.491 e. The van der Waals surface area contributed by atoms with Gasteiger partial charge in [0.25, 0.3) is 0 Å². The number of rotatable bonds is 7. The molecule has 0 unspecified atom stereocenters. The first kappa shape index (κ1) is 24.1. The van der Waals surface area contributed by atoms with Crippen LogP contribution in [0.1, 0.15) is 62.0 Å². The van der Waals surface area contributed by atoms with Crippen LogP contribution in [0.4, 0.5) is 0 Å². The number of oxime groups is 1. The maximum atomic E-state index is 13.1. The quantitative estimate of drug-likeness (QED) is 0.162. The molecule has 0 saturated heterocycles. The van der Waals surface area contributed by atoms with Crippen molar-refractivity contribution in [2.45, 2.75) is 46.6 Å². The second kappa shape index (κ2) is 10.5. The van der Waals surface area contributed by atoms with E-state index in [-0.39, 0.29) is 6.10 Å². The van der Waals surface area contributed by atoms with E-state index in [1.165, 1.54) is 5.56 Å². The molecule has 0 bridgehead atoms. The van der Waals surface area contributed by atoms with Crippen LogP contribution in [0.2, 0.25) is 0 Å². The Morgan fingerprint density at radius 1 is 0.886 bits per heavy atom. The van der Waals surface area contributed by atoms with Crippen LogP contribution in [0.15, 0.2) is 84.0 Å². The topological polar surface area (TPSA) is 60.8 Å². The first-order chi connectivity index (χ1) is 16.8. The van der Waals surface area contributed by atoms with Gasteiger partial charge in [-0.15, -0.1) is 0 Å². The minimum atomic E-state index is -0.525. The summed E-state index contributed by atoms with van der Waals surface area (Å²) in [7, 11) is 0. The molecule has 0 aliphatic heterocycles. The Labute approximate surface area is 206 Å². The summed E-state index contributed by atoms with van der Waals surface area (Å²) in [6, 6.07) is 25.1. The van der Waals surface area contributed by atoms with E-state index in [0.29, 0.717) is 28.4 Å². The molecule has 178 valence electrons. The van der Waals surface area contributed by atoms with Crippen LogP contribution in [-0.4, -0.2) is 22.8 Å². The molecule has 0 fully saturated rings. The molecular formula is C30H30N2O3. The average molecular weight is 467 g/mol. The van der Waals surface area contributed by atoms with Gasteiger partial charge in [-0.05, 0) is 74.2 Å². The van der Waals surface area contributed by atoms with Crippen molar-refractivity contribution < 1.29 is 14.4 Å². The van der Waals surface area contributed by atoms with Crippen LogP contribution >= 0.6 is 0 Å². The summed E-state index contributed by atoms with van der Waals surface area (Å²) >= 11 is 0. The van der Waals surface area contributed by atoms with Gasteiger partial charge in [0.2, 0.25) is 0 Å². The van der Waals surface area contributed by atoms with Gasteiger partial charge in [0.1, 0.15) is 5.75 Å². The second-order valence-corrected chi connectivity index (χ2v) is 9.10. The Kier molecular flexibility index (Phi) is 7.25. The summed E-state index contributed by atoms with van der Waals surface area (Å²) in [5.41, 5.74) is 5.48. The van der Waals surface area contributed by atoms with Gasteiger partial charge in [0.05, 0.1) is 28.6 Å². The van der Waals surface area contributed by atoms with Crippen molar-refractivity contribution in [2.24, 2.45) is 5.16 Å². The number of benzene rings is 3. The summed E-state index contributed by atoms with van der Waals surface area (Å²) in [5, 5.41) is 4.84. The van der Waals surface area contributed by atoms with E-state index in [2.05, 4.69) is 31.1 Å². The molecule has 0 atom stereocenters. The largest absolute Gasteiger partial charge is 0.491 e. The van der Waals surface area contributed by atoms with Gasteiger partial charge in [0, 0.05) is 10.9 Å². The monoisotopic (exact) mass is 466 g/mol. The molecule has 5 nitrogen and oxygen atoms in total. The smallest absolute Gasteiger partial charge is 0.366 e. The fourth-order valence-corrected chi connectivity index (χ4v) is 3.79. The Morgan fingerprint density at radius 3 is 2.23 bits per heavy atom. The zero-order valence-electron chi connectivity index (χ0n) is 20.8. The van der Waals surface area contributed by atoms with E-state index in [1.807, 2.05) is 81.4 Å². The third-order valence-electron chi connectivity index (χ3n) is 5.72. The molecule has 1 aromatic heterocycles. The number of carbonyl (C=O) groups is 1. The van der Waals surface area contributed by atoms with Crippen molar-refractivity contribution in [3.63, 3.8) is 0 Å². The second-order valence-electron chi connectivity index (χ2n) is 9.10. The molecule has 0 aliphatic carbocycles. The molecule has 0 spiro atoms. The van der Waals surface area contributed by atoms with Crippen molar-refractivity contribution in [3.05, 3.63) is 95.6 Å². The van der Waals surface area contributed by atoms with Gasteiger partial charge in [-0.3, -0.25) is 0 Å². The summed E-state index contributed by atoms with van der Waals surface area (Å²) in [4.78, 5) is 23.3. The third-order valence-corrected chi connectivity index (χ3v) is 5.72. The molecule has 4 rings (SSSR count). The SMILES string of the molecule is CC(=NOC(=O)c1cc(-c2ccc(OC(C)C)cc2)nc2ccccc12)c1ccc(C(C)C)cc1. The van der Waals surface area contributed by atoms with Crippen molar-refractivity contribution in [1.29, 1.82) is 0 Å². The van der Waals surface area contributed by atoms with Gasteiger partial charge in [-0.1, -0.05) is 61.5 Å². The highest BCUT2D eigenvalue weighted by molar-refractivity contribution is 6.05. The van der Waals surface area contributed by atoms with Crippen LogP contribution in [0.5, 0.6) is 5.75 Å². The number of nitrogens with zero attached hydrogens (tertiary/aromatic N) is 2. The van der Waals surface area contributed by atoms with E-state index < -0.39 is 5.97 Å². The normalized spacial score (nSPS) is 11.8. The van der Waals surface area contributed by atoms with Gasteiger partial charge < -0.3 is 9.57 Å². The van der Waals surface area contributed by atoms with Crippen LogP contribution in [0.25, 0.3) is 22.2 Å². The predicted octanol–water partition coefficient (Wildman–Crippen LogP) is 7.39. The zero-order valence-corrected chi connectivity index (χ0v) is 20.8. The molecule has 0 aliphatic rings. The Bertz CT molecular complexity index is 1360. The highest BCUT2D eigenvalue weighted by atomic mass is 16.7. The lowest BCUT2D eigenvalue weighted by Crippen LogP contribution is -2.06. The fraction of sp³-hybridized carbons (Fsp3) is 0.233. The minimum absolute atomic E-state index is 0.0955. The molecular weight excluding hydrogens is 436 g/mol. The maximum Gasteiger partial charge on any atom is 0.366 e. The first-order valence-electron chi connectivity index (χ1n) is 11.8. The van der Waals surface area contributed by atoms with Crippen LogP contribution < -0.4 is 4.74 Å². The molecule has 0 N–H and O–H groups in total. The van der Waals surface area contributed by atoms with Gasteiger partial charge in [-0.2, -0.15) is 0 Å². The van der Waals surface area contributed by atoms with Gasteiger partial charge >= 0.3 is 5.97 Å². The number of ether oxygens (including phenoxy) is 1. The number of fused-ring (bicyclic) bond motifs is 1. The highest BCUT2D eigenvalue weighted by Gasteiger charge is 2.16. The number of carbonyl (C=O) groups excluding carboxylic acids is 1. The van der Waals surface area contributed by atoms with E-state index in [1.54, 1.807) is 6.07 Å². The van der Waals surface area contributed by atoms with E-state index in [9.17, 15) is 4.79 Å². The van der Waals surface area contributed by atoms with Crippen LogP contribution in [0, 0.1) is 0 Å². The van der Waals surface area contributed by atoms with Crippen molar-refractivity contribution in [3.8, 4) is 17.0 Å². The molecule has 4 aromatic rings. The molecule has 0 amide bonds. The van der Waals surface area contributed by atoms with Crippen molar-refractivity contribution in [2.75, 3.05) is 0 Å².